The van der Waals surface area contributed by atoms with Crippen LogP contribution in [0.5, 0.6) is 0 Å². The number of allylic oxidation sites excluding steroid dienone is 4. The van der Waals surface area contributed by atoms with E-state index in [2.05, 4.69) is 47.3 Å². The summed E-state index contributed by atoms with van der Waals surface area (Å²) in [6, 6.07) is 0. The third-order valence-corrected chi connectivity index (χ3v) is 9.98. The van der Waals surface area contributed by atoms with Gasteiger partial charge in [-0.15, -0.1) is 0 Å². The van der Waals surface area contributed by atoms with Gasteiger partial charge in [0.2, 0.25) is 0 Å². The smallest absolute Gasteiger partial charge is 0.126 e. The SMILES string of the molecule is C[Si](C)(C1CCC2C=CC=CC21)N1CCNCC1. The van der Waals surface area contributed by atoms with Gasteiger partial charge in [0, 0.05) is 26.2 Å². The highest BCUT2D eigenvalue weighted by Crippen LogP contribution is 2.50. The Labute approximate surface area is 112 Å². The molecule has 100 valence electrons. The zero-order valence-corrected chi connectivity index (χ0v) is 12.7. The second-order valence-corrected chi connectivity index (χ2v) is 11.3. The van der Waals surface area contributed by atoms with Crippen molar-refractivity contribution in [3.63, 3.8) is 0 Å². The van der Waals surface area contributed by atoms with Crippen molar-refractivity contribution in [1.82, 2.24) is 9.88 Å². The standard InChI is InChI=1S/C15H26N2Si/c1-18(2,17-11-9-16-10-12-17)15-8-7-13-5-3-4-6-14(13)15/h3-6,13-16H,7-12H2,1-2H3. The summed E-state index contributed by atoms with van der Waals surface area (Å²) < 4.78 is 2.85. The molecule has 0 radical (unpaired) electrons. The second kappa shape index (κ2) is 4.95. The summed E-state index contributed by atoms with van der Waals surface area (Å²) in [6.45, 7) is 10.1. The van der Waals surface area contributed by atoms with E-state index in [1.54, 1.807) is 0 Å². The van der Waals surface area contributed by atoms with Crippen molar-refractivity contribution in [3.05, 3.63) is 24.3 Å². The van der Waals surface area contributed by atoms with Gasteiger partial charge in [-0.2, -0.15) is 0 Å². The van der Waals surface area contributed by atoms with Gasteiger partial charge >= 0.3 is 0 Å². The van der Waals surface area contributed by atoms with E-state index in [1.165, 1.54) is 39.0 Å². The van der Waals surface area contributed by atoms with Gasteiger partial charge in [-0.25, -0.2) is 0 Å². The van der Waals surface area contributed by atoms with Crippen molar-refractivity contribution in [1.29, 1.82) is 0 Å². The van der Waals surface area contributed by atoms with Crippen LogP contribution in [0.2, 0.25) is 18.6 Å². The zero-order chi connectivity index (χ0) is 12.6. The van der Waals surface area contributed by atoms with E-state index >= 15 is 0 Å². The molecule has 1 saturated carbocycles. The summed E-state index contributed by atoms with van der Waals surface area (Å²) in [7, 11) is -1.27. The molecule has 3 rings (SSSR count). The number of hydrogen-bond donors (Lipinski definition) is 1. The molecule has 3 unspecified atom stereocenters. The number of nitrogens with one attached hydrogen (secondary N) is 1. The Bertz CT molecular complexity index is 356. The van der Waals surface area contributed by atoms with Crippen molar-refractivity contribution in [2.24, 2.45) is 11.8 Å². The van der Waals surface area contributed by atoms with Gasteiger partial charge in [-0.05, 0) is 23.8 Å². The molecular weight excluding hydrogens is 236 g/mol. The van der Waals surface area contributed by atoms with Crippen LogP contribution in [0, 0.1) is 11.8 Å². The molecule has 2 fully saturated rings. The number of piperazine rings is 1. The predicted octanol–water partition coefficient (Wildman–Crippen LogP) is 2.62. The first-order chi connectivity index (χ1) is 8.69. The average molecular weight is 262 g/mol. The van der Waals surface area contributed by atoms with Gasteiger partial charge in [0.25, 0.3) is 0 Å². The van der Waals surface area contributed by atoms with E-state index in [1.807, 2.05) is 0 Å². The summed E-state index contributed by atoms with van der Waals surface area (Å²) in [6.07, 6.45) is 12.3. The van der Waals surface area contributed by atoms with E-state index < -0.39 is 8.24 Å². The lowest BCUT2D eigenvalue weighted by Gasteiger charge is -2.45. The van der Waals surface area contributed by atoms with E-state index in [9.17, 15) is 0 Å². The maximum absolute atomic E-state index is 3.49. The molecule has 2 nitrogen and oxygen atoms in total. The van der Waals surface area contributed by atoms with Gasteiger partial charge in [0.05, 0.1) is 0 Å². The van der Waals surface area contributed by atoms with Gasteiger partial charge in [0.1, 0.15) is 8.24 Å². The highest BCUT2D eigenvalue weighted by molar-refractivity contribution is 6.76. The Balaban J connectivity index is 1.76. The van der Waals surface area contributed by atoms with Crippen LogP contribution in [-0.2, 0) is 0 Å². The summed E-state index contributed by atoms with van der Waals surface area (Å²) in [5.41, 5.74) is 0.960. The van der Waals surface area contributed by atoms with Gasteiger partial charge < -0.3 is 9.88 Å². The molecule has 1 heterocycles. The lowest BCUT2D eigenvalue weighted by atomic mass is 9.92. The maximum Gasteiger partial charge on any atom is 0.126 e. The highest BCUT2D eigenvalue weighted by Gasteiger charge is 2.46. The Kier molecular flexibility index (Phi) is 3.48. The van der Waals surface area contributed by atoms with Crippen LogP contribution in [-0.4, -0.2) is 39.0 Å². The molecule has 0 bridgehead atoms. The highest BCUT2D eigenvalue weighted by atomic mass is 28.3. The summed E-state index contributed by atoms with van der Waals surface area (Å²) in [5.74, 6) is 1.68. The van der Waals surface area contributed by atoms with Crippen LogP contribution >= 0.6 is 0 Å². The molecule has 0 aromatic rings. The molecule has 3 heteroatoms. The number of nitrogens with zero attached hydrogens (tertiary/aromatic N) is 1. The van der Waals surface area contributed by atoms with Crippen molar-refractivity contribution >= 4 is 8.24 Å². The molecule has 1 saturated heterocycles. The van der Waals surface area contributed by atoms with E-state index in [0.29, 0.717) is 0 Å². The van der Waals surface area contributed by atoms with E-state index in [-0.39, 0.29) is 0 Å². The monoisotopic (exact) mass is 262 g/mol. The number of rotatable bonds is 2. The minimum Gasteiger partial charge on any atom is -0.321 e. The van der Waals surface area contributed by atoms with Crippen LogP contribution in [0.4, 0.5) is 0 Å². The molecule has 2 aliphatic carbocycles. The molecule has 1 aliphatic heterocycles. The average Bonchev–Trinajstić information content (AvgIpc) is 2.84. The van der Waals surface area contributed by atoms with E-state index in [0.717, 1.165) is 17.4 Å². The van der Waals surface area contributed by atoms with Crippen LogP contribution in [0.1, 0.15) is 12.8 Å². The van der Waals surface area contributed by atoms with Gasteiger partial charge in [-0.3, -0.25) is 0 Å². The Hall–Kier alpha value is -0.383. The quantitative estimate of drug-likeness (QED) is 0.770. The molecule has 0 spiro atoms. The molecule has 3 aliphatic rings. The van der Waals surface area contributed by atoms with Crippen molar-refractivity contribution in [2.45, 2.75) is 31.5 Å². The van der Waals surface area contributed by atoms with E-state index in [4.69, 9.17) is 0 Å². The second-order valence-electron chi connectivity index (χ2n) is 6.59. The van der Waals surface area contributed by atoms with Gasteiger partial charge in [0.15, 0.2) is 0 Å². The molecule has 0 aromatic carbocycles. The molecule has 3 atom stereocenters. The first kappa shape index (κ1) is 12.6. The van der Waals surface area contributed by atoms with Crippen LogP contribution in [0.3, 0.4) is 0 Å². The predicted molar refractivity (Wildman–Crippen MR) is 80.2 cm³/mol. The third kappa shape index (κ3) is 2.13. The number of hydrogen-bond acceptors (Lipinski definition) is 2. The summed E-state index contributed by atoms with van der Waals surface area (Å²) in [5, 5.41) is 3.49. The van der Waals surface area contributed by atoms with Crippen LogP contribution < -0.4 is 5.32 Å². The Morgan fingerprint density at radius 1 is 1.06 bits per heavy atom. The minimum atomic E-state index is -1.27. The lowest BCUT2D eigenvalue weighted by molar-refractivity contribution is 0.347. The van der Waals surface area contributed by atoms with Crippen LogP contribution in [0.25, 0.3) is 0 Å². The fourth-order valence-electron chi connectivity index (χ4n) is 4.26. The lowest BCUT2D eigenvalue weighted by Crippen LogP contribution is -2.59. The molecule has 1 N–H and O–H groups in total. The first-order valence-electron chi connectivity index (χ1n) is 7.50. The fourth-order valence-corrected chi connectivity index (χ4v) is 8.27. The molecule has 0 amide bonds. The minimum absolute atomic E-state index is 0.839. The Morgan fingerprint density at radius 2 is 1.78 bits per heavy atom. The summed E-state index contributed by atoms with van der Waals surface area (Å²) >= 11 is 0. The zero-order valence-electron chi connectivity index (χ0n) is 11.7. The normalized spacial score (nSPS) is 36.9. The fraction of sp³-hybridized carbons (Fsp3) is 0.733. The number of fused-ring (bicyclic) bond motifs is 1. The molecule has 18 heavy (non-hydrogen) atoms. The molecular formula is C15H26N2Si. The Morgan fingerprint density at radius 3 is 2.56 bits per heavy atom. The van der Waals surface area contributed by atoms with Gasteiger partial charge in [-0.1, -0.05) is 43.8 Å². The molecule has 0 aromatic heterocycles. The van der Waals surface area contributed by atoms with Crippen molar-refractivity contribution in [2.75, 3.05) is 26.2 Å². The topological polar surface area (TPSA) is 15.3 Å². The largest absolute Gasteiger partial charge is 0.321 e. The first-order valence-corrected chi connectivity index (χ1v) is 10.5. The maximum atomic E-state index is 3.49. The van der Waals surface area contributed by atoms with Crippen LogP contribution in [0.15, 0.2) is 24.3 Å². The van der Waals surface area contributed by atoms with Crippen molar-refractivity contribution in [3.8, 4) is 0 Å². The third-order valence-electron chi connectivity index (χ3n) is 5.41. The van der Waals surface area contributed by atoms with Crippen molar-refractivity contribution < 1.29 is 0 Å². The summed E-state index contributed by atoms with van der Waals surface area (Å²) in [4.78, 5) is 0.